The van der Waals surface area contributed by atoms with E-state index in [4.69, 9.17) is 19.5 Å². The fourth-order valence-electron chi connectivity index (χ4n) is 4.12. The number of aliphatic hydroxyl groups excluding tert-OH is 1. The van der Waals surface area contributed by atoms with Crippen molar-refractivity contribution in [3.63, 3.8) is 0 Å². The molecule has 186 valence electrons. The van der Waals surface area contributed by atoms with Gasteiger partial charge in [-0.15, -0.1) is 11.3 Å². The number of thiazole rings is 1. The maximum Gasteiger partial charge on any atom is 0.225 e. The van der Waals surface area contributed by atoms with Crippen LogP contribution >= 0.6 is 11.3 Å². The fourth-order valence-corrected chi connectivity index (χ4v) is 5.19. The lowest BCUT2D eigenvalue weighted by Crippen LogP contribution is -2.23. The van der Waals surface area contributed by atoms with Gasteiger partial charge in [0, 0.05) is 19.2 Å². The maximum atomic E-state index is 9.94. The molecule has 3 heterocycles. The van der Waals surface area contributed by atoms with Crippen molar-refractivity contribution in [1.29, 1.82) is 0 Å². The third kappa shape index (κ3) is 5.97. The highest BCUT2D eigenvalue weighted by Crippen LogP contribution is 2.36. The molecule has 0 saturated heterocycles. The molecule has 0 amide bonds. The van der Waals surface area contributed by atoms with Crippen LogP contribution in [0, 0.1) is 31.6 Å². The van der Waals surface area contributed by atoms with Crippen LogP contribution in [0.3, 0.4) is 0 Å². The van der Waals surface area contributed by atoms with Crippen molar-refractivity contribution in [2.24, 2.45) is 17.8 Å². The molecule has 35 heavy (non-hydrogen) atoms. The molecule has 0 saturated carbocycles. The molecule has 4 rings (SSSR count). The van der Waals surface area contributed by atoms with E-state index in [9.17, 15) is 5.11 Å². The van der Waals surface area contributed by atoms with E-state index in [-0.39, 0.29) is 12.5 Å². The van der Waals surface area contributed by atoms with Crippen LogP contribution in [0.5, 0.6) is 0 Å². The average Bonchev–Trinajstić information content (AvgIpc) is 3.45. The lowest BCUT2D eigenvalue weighted by molar-refractivity contribution is 0.151. The van der Waals surface area contributed by atoms with Crippen LogP contribution in [-0.2, 0) is 6.54 Å². The van der Waals surface area contributed by atoms with Crippen LogP contribution < -0.4 is 10.6 Å². The highest BCUT2D eigenvalue weighted by Gasteiger charge is 2.21. The van der Waals surface area contributed by atoms with E-state index in [1.165, 1.54) is 0 Å². The van der Waals surface area contributed by atoms with Crippen LogP contribution in [0.15, 0.2) is 34.9 Å². The topological polar surface area (TPSA) is 109 Å². The minimum atomic E-state index is 0.179. The van der Waals surface area contributed by atoms with E-state index in [1.807, 2.05) is 38.1 Å². The SMILES string of the molecule is Cc1cc(CNc2nc(C)c(-c3nc4ccccc4s3)c(NCC[C@H](CO)[C@@H](C)C(C)C)n2)on1. The number of benzene rings is 1. The Morgan fingerprint density at radius 2 is 1.86 bits per heavy atom. The van der Waals surface area contributed by atoms with Gasteiger partial charge in [-0.2, -0.15) is 4.98 Å². The van der Waals surface area contributed by atoms with Crippen LogP contribution in [0.2, 0.25) is 0 Å². The Balaban J connectivity index is 1.61. The lowest BCUT2D eigenvalue weighted by Gasteiger charge is -2.25. The van der Waals surface area contributed by atoms with Gasteiger partial charge in [-0.1, -0.05) is 38.1 Å². The molecular formula is C26H34N6O2S. The first kappa shape index (κ1) is 25.1. The summed E-state index contributed by atoms with van der Waals surface area (Å²) in [5.41, 5.74) is 3.55. The fraction of sp³-hybridized carbons (Fsp3) is 0.462. The van der Waals surface area contributed by atoms with Crippen molar-refractivity contribution in [3.05, 3.63) is 47.5 Å². The normalized spacial score (nSPS) is 13.3. The second kappa shape index (κ2) is 11.1. The largest absolute Gasteiger partial charge is 0.396 e. The summed E-state index contributed by atoms with van der Waals surface area (Å²) in [7, 11) is 0. The Morgan fingerprint density at radius 1 is 1.06 bits per heavy atom. The molecule has 0 aliphatic carbocycles. The number of aliphatic hydroxyl groups is 1. The lowest BCUT2D eigenvalue weighted by atomic mass is 9.83. The number of anilines is 2. The van der Waals surface area contributed by atoms with Gasteiger partial charge in [0.25, 0.3) is 0 Å². The van der Waals surface area contributed by atoms with E-state index in [2.05, 4.69) is 42.6 Å². The van der Waals surface area contributed by atoms with E-state index < -0.39 is 0 Å². The Bertz CT molecular complexity index is 1230. The first-order chi connectivity index (χ1) is 16.9. The number of aryl methyl sites for hydroxylation is 2. The number of hydrogen-bond acceptors (Lipinski definition) is 9. The number of nitrogens with one attached hydrogen (secondary N) is 2. The monoisotopic (exact) mass is 494 g/mol. The minimum Gasteiger partial charge on any atom is -0.396 e. The van der Waals surface area contributed by atoms with Crippen molar-refractivity contribution in [3.8, 4) is 10.6 Å². The summed E-state index contributed by atoms with van der Waals surface area (Å²) in [5, 5.41) is 21.5. The molecule has 3 aromatic heterocycles. The zero-order valence-corrected chi connectivity index (χ0v) is 21.8. The van der Waals surface area contributed by atoms with E-state index in [0.29, 0.717) is 30.9 Å². The van der Waals surface area contributed by atoms with Crippen LogP contribution in [-0.4, -0.2) is 38.4 Å². The predicted octanol–water partition coefficient (Wildman–Crippen LogP) is 5.67. The third-order valence-corrected chi connectivity index (χ3v) is 7.59. The van der Waals surface area contributed by atoms with Crippen molar-refractivity contribution in [1.82, 2.24) is 20.1 Å². The molecule has 4 aromatic rings. The number of para-hydroxylation sites is 1. The number of fused-ring (bicyclic) bond motifs is 1. The quantitative estimate of drug-likeness (QED) is 0.245. The highest BCUT2D eigenvalue weighted by atomic mass is 32.1. The predicted molar refractivity (Wildman–Crippen MR) is 142 cm³/mol. The average molecular weight is 495 g/mol. The summed E-state index contributed by atoms with van der Waals surface area (Å²) in [4.78, 5) is 14.4. The van der Waals surface area contributed by atoms with E-state index >= 15 is 0 Å². The van der Waals surface area contributed by atoms with E-state index in [0.717, 1.165) is 50.2 Å². The molecule has 0 spiro atoms. The molecule has 0 aliphatic rings. The van der Waals surface area contributed by atoms with Gasteiger partial charge in [-0.05, 0) is 50.2 Å². The van der Waals surface area contributed by atoms with Crippen molar-refractivity contribution in [2.45, 2.75) is 47.6 Å². The van der Waals surface area contributed by atoms with Gasteiger partial charge < -0.3 is 20.3 Å². The number of hydrogen-bond donors (Lipinski definition) is 3. The summed E-state index contributed by atoms with van der Waals surface area (Å²) in [5.74, 6) is 3.15. The van der Waals surface area contributed by atoms with Crippen LogP contribution in [0.1, 0.15) is 44.3 Å². The molecule has 1 aromatic carbocycles. The number of aromatic nitrogens is 4. The molecule has 9 heteroatoms. The summed E-state index contributed by atoms with van der Waals surface area (Å²) in [6.07, 6.45) is 0.846. The van der Waals surface area contributed by atoms with Gasteiger partial charge in [0.1, 0.15) is 10.8 Å². The van der Waals surface area contributed by atoms with Gasteiger partial charge in [-0.3, -0.25) is 0 Å². The number of nitrogens with zero attached hydrogens (tertiary/aromatic N) is 4. The van der Waals surface area contributed by atoms with Gasteiger partial charge in [0.2, 0.25) is 5.95 Å². The third-order valence-electron chi connectivity index (χ3n) is 6.53. The number of rotatable bonds is 11. The smallest absolute Gasteiger partial charge is 0.225 e. The second-order valence-electron chi connectivity index (χ2n) is 9.39. The molecule has 0 unspecified atom stereocenters. The Morgan fingerprint density at radius 3 is 2.54 bits per heavy atom. The second-order valence-corrected chi connectivity index (χ2v) is 10.4. The van der Waals surface area contributed by atoms with E-state index in [1.54, 1.807) is 11.3 Å². The van der Waals surface area contributed by atoms with Gasteiger partial charge in [0.15, 0.2) is 5.76 Å². The highest BCUT2D eigenvalue weighted by molar-refractivity contribution is 7.21. The standard InChI is InChI=1S/C26H34N6O2S/c1-15(2)17(4)19(14-33)10-11-27-24-23(25-30-21-8-6-7-9-22(21)35-25)18(5)29-26(31-24)28-13-20-12-16(3)32-34-20/h6-9,12,15,17,19,33H,10-11,13-14H2,1-5H3,(H2,27,28,29,31)/t17-,19+/m0/s1. The van der Waals surface area contributed by atoms with Gasteiger partial charge >= 0.3 is 0 Å². The van der Waals surface area contributed by atoms with Crippen LogP contribution in [0.4, 0.5) is 11.8 Å². The van der Waals surface area contributed by atoms with Gasteiger partial charge in [-0.25, -0.2) is 9.97 Å². The minimum absolute atomic E-state index is 0.179. The first-order valence-corrected chi connectivity index (χ1v) is 12.9. The molecule has 8 nitrogen and oxygen atoms in total. The summed E-state index contributed by atoms with van der Waals surface area (Å²) >= 11 is 1.64. The Kier molecular flexibility index (Phi) is 7.97. The molecule has 0 aliphatic heterocycles. The molecule has 3 N–H and O–H groups in total. The first-order valence-electron chi connectivity index (χ1n) is 12.1. The Labute approximate surface area is 210 Å². The summed E-state index contributed by atoms with van der Waals surface area (Å²) < 4.78 is 6.43. The molecule has 0 fully saturated rings. The maximum absolute atomic E-state index is 9.94. The van der Waals surface area contributed by atoms with Crippen molar-refractivity contribution < 1.29 is 9.63 Å². The van der Waals surface area contributed by atoms with Crippen LogP contribution in [0.25, 0.3) is 20.8 Å². The zero-order valence-electron chi connectivity index (χ0n) is 21.0. The summed E-state index contributed by atoms with van der Waals surface area (Å²) in [6, 6.07) is 10.0. The van der Waals surface area contributed by atoms with Crippen molar-refractivity contribution in [2.75, 3.05) is 23.8 Å². The molecule has 0 radical (unpaired) electrons. The van der Waals surface area contributed by atoms with Crippen molar-refractivity contribution >= 4 is 33.3 Å². The molecule has 0 bridgehead atoms. The molecular weight excluding hydrogens is 460 g/mol. The zero-order chi connectivity index (χ0) is 24.9. The van der Waals surface area contributed by atoms with Gasteiger partial charge in [0.05, 0.1) is 33.7 Å². The Hall–Kier alpha value is -3.04. The molecule has 2 atom stereocenters. The summed E-state index contributed by atoms with van der Waals surface area (Å²) in [6.45, 7) is 11.8.